The Hall–Kier alpha value is -2.96. The number of aromatic nitrogens is 2. The van der Waals surface area contributed by atoms with E-state index in [2.05, 4.69) is 29.2 Å². The number of nitrogens with two attached hydrogens (primary N) is 1. The molecule has 5 nitrogen and oxygen atoms in total. The van der Waals surface area contributed by atoms with Gasteiger partial charge in [-0.25, -0.2) is 9.66 Å². The number of rotatable bonds is 4. The third kappa shape index (κ3) is 3.45. The van der Waals surface area contributed by atoms with Gasteiger partial charge in [0.2, 0.25) is 0 Å². The van der Waals surface area contributed by atoms with E-state index < -0.39 is 0 Å². The molecule has 2 aromatic carbocycles. The fraction of sp³-hybridized carbons (Fsp3) is 0.217. The Kier molecular flexibility index (Phi) is 4.66. The average molecular weight is 403 g/mol. The van der Waals surface area contributed by atoms with E-state index in [1.54, 1.807) is 11.3 Å². The van der Waals surface area contributed by atoms with Crippen LogP contribution in [0.1, 0.15) is 27.4 Å². The number of nitrogen functional groups attached to an aromatic ring is 1. The molecule has 2 N–H and O–H groups in total. The third-order valence-corrected chi connectivity index (χ3v) is 6.62. The molecule has 0 bridgehead atoms. The monoisotopic (exact) mass is 402 g/mol. The van der Waals surface area contributed by atoms with E-state index in [0.717, 1.165) is 42.0 Å². The summed E-state index contributed by atoms with van der Waals surface area (Å²) in [5, 5.41) is 0.712. The maximum Gasteiger partial charge on any atom is 0.280 e. The molecule has 2 aromatic heterocycles. The molecule has 6 heteroatoms. The third-order valence-electron chi connectivity index (χ3n) is 5.51. The molecule has 146 valence electrons. The van der Waals surface area contributed by atoms with Crippen molar-refractivity contribution < 1.29 is 0 Å². The van der Waals surface area contributed by atoms with Gasteiger partial charge in [-0.15, -0.1) is 11.3 Å². The van der Waals surface area contributed by atoms with Gasteiger partial charge in [-0.2, -0.15) is 0 Å². The Morgan fingerprint density at radius 1 is 1.00 bits per heavy atom. The van der Waals surface area contributed by atoms with Crippen molar-refractivity contribution in [1.29, 1.82) is 0 Å². The molecule has 0 amide bonds. The minimum Gasteiger partial charge on any atom is -0.335 e. The van der Waals surface area contributed by atoms with Crippen LogP contribution in [0, 0.1) is 0 Å². The van der Waals surface area contributed by atoms with Gasteiger partial charge in [-0.3, -0.25) is 9.69 Å². The van der Waals surface area contributed by atoms with Crippen molar-refractivity contribution >= 4 is 21.6 Å². The zero-order valence-corrected chi connectivity index (χ0v) is 16.9. The number of hydrogen-bond acceptors (Lipinski definition) is 5. The summed E-state index contributed by atoms with van der Waals surface area (Å²) in [7, 11) is 0. The Morgan fingerprint density at radius 2 is 1.69 bits per heavy atom. The zero-order chi connectivity index (χ0) is 19.8. The lowest BCUT2D eigenvalue weighted by atomic mass is 10.0. The highest BCUT2D eigenvalue weighted by molar-refractivity contribution is 7.18. The van der Waals surface area contributed by atoms with E-state index in [9.17, 15) is 4.79 Å². The lowest BCUT2D eigenvalue weighted by Crippen LogP contribution is -2.33. The number of thiophene rings is 1. The van der Waals surface area contributed by atoms with Crippen molar-refractivity contribution in [3.8, 4) is 0 Å². The highest BCUT2D eigenvalue weighted by Gasteiger charge is 2.24. The van der Waals surface area contributed by atoms with E-state index in [4.69, 9.17) is 10.8 Å². The van der Waals surface area contributed by atoms with Crippen molar-refractivity contribution in [1.82, 2.24) is 14.6 Å². The van der Waals surface area contributed by atoms with Crippen LogP contribution in [0.15, 0.2) is 65.5 Å². The minimum absolute atomic E-state index is 0.130. The Morgan fingerprint density at radius 3 is 2.41 bits per heavy atom. The Labute approximate surface area is 173 Å². The Bertz CT molecular complexity index is 1210. The molecule has 0 radical (unpaired) electrons. The second-order valence-electron chi connectivity index (χ2n) is 7.50. The van der Waals surface area contributed by atoms with Crippen molar-refractivity contribution in [3.05, 3.63) is 98.4 Å². The molecule has 0 fully saturated rings. The van der Waals surface area contributed by atoms with E-state index in [-0.39, 0.29) is 5.56 Å². The lowest BCUT2D eigenvalue weighted by Gasteiger charge is -2.26. The van der Waals surface area contributed by atoms with Gasteiger partial charge in [-0.1, -0.05) is 60.7 Å². The van der Waals surface area contributed by atoms with Gasteiger partial charge >= 0.3 is 0 Å². The predicted molar refractivity (Wildman–Crippen MR) is 118 cm³/mol. The van der Waals surface area contributed by atoms with Crippen LogP contribution < -0.4 is 11.4 Å². The second-order valence-corrected chi connectivity index (χ2v) is 8.58. The van der Waals surface area contributed by atoms with E-state index in [1.165, 1.54) is 15.1 Å². The summed E-state index contributed by atoms with van der Waals surface area (Å²) in [6, 6.07) is 20.5. The summed E-state index contributed by atoms with van der Waals surface area (Å²) < 4.78 is 1.23. The van der Waals surface area contributed by atoms with Crippen molar-refractivity contribution in [2.45, 2.75) is 25.9 Å². The summed E-state index contributed by atoms with van der Waals surface area (Å²) >= 11 is 1.64. The van der Waals surface area contributed by atoms with Crippen molar-refractivity contribution in [3.63, 3.8) is 0 Å². The fourth-order valence-corrected chi connectivity index (χ4v) is 5.30. The van der Waals surface area contributed by atoms with Crippen LogP contribution in [0.2, 0.25) is 0 Å². The number of hydrogen-bond donors (Lipinski definition) is 1. The molecule has 1 aliphatic heterocycles. The second kappa shape index (κ2) is 7.46. The minimum atomic E-state index is -0.130. The molecule has 3 heterocycles. The van der Waals surface area contributed by atoms with Crippen LogP contribution in [-0.4, -0.2) is 21.1 Å². The topological polar surface area (TPSA) is 64.2 Å². The van der Waals surface area contributed by atoms with E-state index in [0.29, 0.717) is 17.6 Å². The maximum absolute atomic E-state index is 13.0. The summed E-state index contributed by atoms with van der Waals surface area (Å²) in [4.78, 5) is 22.3. The number of nitrogens with zero attached hydrogens (tertiary/aromatic N) is 3. The summed E-state index contributed by atoms with van der Waals surface area (Å²) in [5.41, 5.74) is 3.41. The predicted octanol–water partition coefficient (Wildman–Crippen LogP) is 3.32. The van der Waals surface area contributed by atoms with Crippen LogP contribution >= 0.6 is 11.3 Å². The van der Waals surface area contributed by atoms with Gasteiger partial charge in [-0.05, 0) is 23.1 Å². The molecule has 0 unspecified atom stereocenters. The molecule has 0 saturated carbocycles. The normalized spacial score (nSPS) is 14.2. The zero-order valence-electron chi connectivity index (χ0n) is 16.0. The molecule has 0 saturated heterocycles. The van der Waals surface area contributed by atoms with Crippen LogP contribution in [-0.2, 0) is 25.9 Å². The number of benzene rings is 2. The van der Waals surface area contributed by atoms with Gasteiger partial charge in [0, 0.05) is 30.9 Å². The summed E-state index contributed by atoms with van der Waals surface area (Å²) in [5.74, 6) is 6.76. The SMILES string of the molecule is Nn1c(Cc2ccccc2)nc2sc3c(c2c1=O)CCN(Cc1ccccc1)C3. The van der Waals surface area contributed by atoms with E-state index in [1.807, 2.05) is 36.4 Å². The highest BCUT2D eigenvalue weighted by Crippen LogP contribution is 2.33. The molecule has 1 aliphatic rings. The molecule has 4 aromatic rings. The summed E-state index contributed by atoms with van der Waals surface area (Å²) in [6.45, 7) is 2.70. The lowest BCUT2D eigenvalue weighted by molar-refractivity contribution is 0.249. The van der Waals surface area contributed by atoms with Gasteiger partial charge in [0.05, 0.1) is 5.39 Å². The molecule has 29 heavy (non-hydrogen) atoms. The van der Waals surface area contributed by atoms with Gasteiger partial charge in [0.15, 0.2) is 0 Å². The summed E-state index contributed by atoms with van der Waals surface area (Å²) in [6.07, 6.45) is 1.41. The molecular weight excluding hydrogens is 380 g/mol. The van der Waals surface area contributed by atoms with Crippen LogP contribution in [0.5, 0.6) is 0 Å². The van der Waals surface area contributed by atoms with Gasteiger partial charge < -0.3 is 5.84 Å². The van der Waals surface area contributed by atoms with Crippen molar-refractivity contribution in [2.24, 2.45) is 0 Å². The molecule has 0 aliphatic carbocycles. The highest BCUT2D eigenvalue weighted by atomic mass is 32.1. The first-order valence-corrected chi connectivity index (χ1v) is 10.6. The maximum atomic E-state index is 13.0. The van der Waals surface area contributed by atoms with E-state index >= 15 is 0 Å². The first-order chi connectivity index (χ1) is 14.2. The largest absolute Gasteiger partial charge is 0.335 e. The molecule has 5 rings (SSSR count). The molecule has 0 spiro atoms. The number of fused-ring (bicyclic) bond motifs is 3. The molecular formula is C23H22N4OS. The smallest absolute Gasteiger partial charge is 0.280 e. The van der Waals surface area contributed by atoms with Crippen LogP contribution in [0.3, 0.4) is 0 Å². The quantitative estimate of drug-likeness (QED) is 0.532. The average Bonchev–Trinajstić information content (AvgIpc) is 3.11. The van der Waals surface area contributed by atoms with Gasteiger partial charge in [0.25, 0.3) is 5.56 Å². The molecule has 0 atom stereocenters. The van der Waals surface area contributed by atoms with Crippen molar-refractivity contribution in [2.75, 3.05) is 12.4 Å². The first-order valence-electron chi connectivity index (χ1n) is 9.80. The fourth-order valence-electron chi connectivity index (χ4n) is 4.03. The Balaban J connectivity index is 1.48. The first kappa shape index (κ1) is 18.1. The van der Waals surface area contributed by atoms with Crippen LogP contribution in [0.4, 0.5) is 0 Å². The standard InChI is InChI=1S/C23H22N4OS/c24-27-20(13-16-7-3-1-4-8-16)25-22-21(23(27)28)18-11-12-26(15-19(18)29-22)14-17-9-5-2-6-10-17/h1-10H,11-15,24H2. The van der Waals surface area contributed by atoms with Gasteiger partial charge in [0.1, 0.15) is 10.7 Å². The van der Waals surface area contributed by atoms with Crippen LogP contribution in [0.25, 0.3) is 10.2 Å².